The molecule has 9 rings (SSSR count). The molecule has 2 saturated heterocycles. The van der Waals surface area contributed by atoms with Crippen LogP contribution in [-0.2, 0) is 31.9 Å². The molecule has 0 unspecified atom stereocenters. The quantitative estimate of drug-likeness (QED) is 0.101. The first-order chi connectivity index (χ1) is 31.8. The number of ether oxygens (including phenoxy) is 2. The second-order valence-corrected chi connectivity index (χ2v) is 20.3. The van der Waals surface area contributed by atoms with Crippen LogP contribution in [-0.4, -0.2) is 93.1 Å². The molecule has 66 heavy (non-hydrogen) atoms. The normalized spacial score (nSPS) is 19.8. The highest BCUT2D eigenvalue weighted by atomic mass is 32.1. The van der Waals surface area contributed by atoms with Gasteiger partial charge in [0.15, 0.2) is 0 Å². The Morgan fingerprint density at radius 2 is 1.26 bits per heavy atom. The van der Waals surface area contributed by atoms with Gasteiger partial charge in [0.2, 0.25) is 11.8 Å². The molecule has 0 radical (unpaired) electrons. The summed E-state index contributed by atoms with van der Waals surface area (Å²) in [7, 11) is 2.57. The van der Waals surface area contributed by atoms with Crippen LogP contribution in [0.1, 0.15) is 114 Å². The maximum atomic E-state index is 14.0. The molecular formula is C50H60N8O7S. The minimum Gasteiger partial charge on any atom is -0.453 e. The van der Waals surface area contributed by atoms with Gasteiger partial charge in [-0.15, -0.1) is 11.3 Å². The third-order valence-corrected chi connectivity index (χ3v) is 15.8. The first kappa shape index (κ1) is 45.1. The number of fused-ring (bicyclic) bond motifs is 2. The number of rotatable bonds is 11. The van der Waals surface area contributed by atoms with E-state index < -0.39 is 30.3 Å². The van der Waals surface area contributed by atoms with Crippen molar-refractivity contribution in [1.82, 2.24) is 40.4 Å². The summed E-state index contributed by atoms with van der Waals surface area (Å²) >= 11 is 1.79. The molecule has 5 aromatic rings. The van der Waals surface area contributed by atoms with Gasteiger partial charge in [-0.3, -0.25) is 14.4 Å². The van der Waals surface area contributed by atoms with Crippen molar-refractivity contribution in [3.63, 3.8) is 0 Å². The number of alkyl carbamates (subject to hydrolysis) is 2. The maximum absolute atomic E-state index is 14.0. The number of carbonyl (C=O) groups is 4. The fraction of sp³-hybridized carbons (Fsp3) is 0.500. The standard InChI is InChI=1S/C50H60N8O7S/c1-27(2)39(54-48(62)64-5)46(60)57-21-9-11-37(57)43-51-26-36(53-43)29-13-15-30(16-14-29)41-33-24-50(19-7-8-20-50)25-34(33)42(66-41)31-17-18-35-32(23-31)45(59)56-44(52-35)38-12-10-22-58(38)47(61)40(28(3)4)55-49(63)65-6/h13-18,23,26-28,37-40H,7-12,19-22,24-25H2,1-6H3,(H,51,53)(H,54,62)(H,55,63)(H,52,56,59)/t37-,38-,39-,40-/m0/s1. The number of hydrogen-bond donors (Lipinski definition) is 4. The Labute approximate surface area is 388 Å². The van der Waals surface area contributed by atoms with Crippen LogP contribution < -0.4 is 16.2 Å². The van der Waals surface area contributed by atoms with Crippen molar-refractivity contribution in [2.75, 3.05) is 27.3 Å². The molecule has 0 bridgehead atoms. The van der Waals surface area contributed by atoms with E-state index in [1.807, 2.05) is 50.9 Å². The molecule has 2 aromatic carbocycles. The van der Waals surface area contributed by atoms with Crippen molar-refractivity contribution in [2.24, 2.45) is 17.3 Å². The average molecular weight is 917 g/mol. The second kappa shape index (κ2) is 18.3. The SMILES string of the molecule is COC(=O)N[C@H](C(=O)N1CCC[C@H]1c1ncc(-c2ccc(-c3sc(-c4ccc5nc([C@@H]6CCCN6C(=O)[C@@H](NC(=O)OC)C(C)C)[nH]c(=O)c5c4)c4c3CC3(CCCC3)C4)cc2)[nH]1)C(C)C. The van der Waals surface area contributed by atoms with Gasteiger partial charge < -0.3 is 39.9 Å². The molecular weight excluding hydrogens is 857 g/mol. The maximum Gasteiger partial charge on any atom is 0.407 e. The van der Waals surface area contributed by atoms with E-state index in [2.05, 4.69) is 50.9 Å². The Kier molecular flexibility index (Phi) is 12.5. The zero-order valence-corrected chi connectivity index (χ0v) is 39.4. The third-order valence-electron chi connectivity index (χ3n) is 14.4. The predicted octanol–water partition coefficient (Wildman–Crippen LogP) is 8.46. The number of nitrogens with zero attached hydrogens (tertiary/aromatic N) is 4. The Bertz CT molecular complexity index is 2720. The first-order valence-corrected chi connectivity index (χ1v) is 24.2. The number of carbonyl (C=O) groups excluding carboxylic acids is 4. The van der Waals surface area contributed by atoms with Crippen LogP contribution in [0.4, 0.5) is 9.59 Å². The number of imidazole rings is 1. The number of aromatic amines is 2. The van der Waals surface area contributed by atoms with Crippen molar-refractivity contribution in [2.45, 2.75) is 116 Å². The summed E-state index contributed by atoms with van der Waals surface area (Å²) in [6.07, 6.45) is 10.6. The van der Waals surface area contributed by atoms with E-state index in [1.54, 1.807) is 16.2 Å². The molecule has 4 amide bonds. The van der Waals surface area contributed by atoms with Crippen molar-refractivity contribution in [1.29, 1.82) is 0 Å². The highest BCUT2D eigenvalue weighted by Gasteiger charge is 2.44. The number of benzene rings is 2. The highest BCUT2D eigenvalue weighted by molar-refractivity contribution is 7.19. The largest absolute Gasteiger partial charge is 0.453 e. The van der Waals surface area contributed by atoms with Crippen molar-refractivity contribution >= 4 is 46.2 Å². The molecule has 2 aliphatic carbocycles. The van der Waals surface area contributed by atoms with Crippen LogP contribution in [0, 0.1) is 17.3 Å². The fourth-order valence-corrected chi connectivity index (χ4v) is 12.3. The van der Waals surface area contributed by atoms with Gasteiger partial charge in [0.1, 0.15) is 23.7 Å². The topological polar surface area (TPSA) is 192 Å². The van der Waals surface area contributed by atoms with Gasteiger partial charge in [0.25, 0.3) is 5.56 Å². The number of thiophene rings is 1. The van der Waals surface area contributed by atoms with Crippen LogP contribution >= 0.6 is 11.3 Å². The van der Waals surface area contributed by atoms with Crippen LogP contribution in [0.5, 0.6) is 0 Å². The Morgan fingerprint density at radius 3 is 1.82 bits per heavy atom. The molecule has 5 heterocycles. The summed E-state index contributed by atoms with van der Waals surface area (Å²) < 4.78 is 9.59. The van der Waals surface area contributed by atoms with Crippen LogP contribution in [0.3, 0.4) is 0 Å². The summed E-state index contributed by atoms with van der Waals surface area (Å²) in [6, 6.07) is 12.5. The molecule has 2 aliphatic heterocycles. The van der Waals surface area contributed by atoms with E-state index in [9.17, 15) is 24.0 Å². The van der Waals surface area contributed by atoms with Gasteiger partial charge in [-0.25, -0.2) is 19.6 Å². The smallest absolute Gasteiger partial charge is 0.407 e. The number of methoxy groups -OCH3 is 2. The highest BCUT2D eigenvalue weighted by Crippen LogP contribution is 2.56. The Balaban J connectivity index is 0.979. The number of likely N-dealkylation sites (tertiary alicyclic amines) is 2. The van der Waals surface area contributed by atoms with Crippen molar-refractivity contribution < 1.29 is 28.7 Å². The summed E-state index contributed by atoms with van der Waals surface area (Å²) in [5.74, 6) is 0.522. The second-order valence-electron chi connectivity index (χ2n) is 19.3. The molecule has 1 spiro atoms. The number of aromatic nitrogens is 4. The van der Waals surface area contributed by atoms with E-state index in [1.165, 1.54) is 60.8 Å². The minimum absolute atomic E-state index is 0.116. The van der Waals surface area contributed by atoms with Crippen molar-refractivity contribution in [3.8, 4) is 32.1 Å². The predicted molar refractivity (Wildman–Crippen MR) is 253 cm³/mol. The lowest BCUT2D eigenvalue weighted by atomic mass is 9.83. The Hall–Kier alpha value is -6.03. The average Bonchev–Trinajstić information content (AvgIpc) is 4.19. The first-order valence-electron chi connectivity index (χ1n) is 23.4. The van der Waals surface area contributed by atoms with Gasteiger partial charge in [0.05, 0.1) is 49.1 Å². The molecule has 3 aromatic heterocycles. The molecule has 1 saturated carbocycles. The number of amides is 4. The van der Waals surface area contributed by atoms with E-state index in [-0.39, 0.29) is 40.7 Å². The summed E-state index contributed by atoms with van der Waals surface area (Å²) in [5, 5.41) is 5.91. The zero-order chi connectivity index (χ0) is 46.4. The number of H-pyrrole nitrogens is 2. The molecule has 15 nitrogen and oxygen atoms in total. The Morgan fingerprint density at radius 1 is 0.727 bits per heavy atom. The monoisotopic (exact) mass is 916 g/mol. The fourth-order valence-electron chi connectivity index (χ4n) is 10.9. The summed E-state index contributed by atoms with van der Waals surface area (Å²) in [4.78, 5) is 87.9. The molecule has 4 atom stereocenters. The van der Waals surface area contributed by atoms with Crippen molar-refractivity contribution in [3.05, 3.63) is 81.8 Å². The molecule has 348 valence electrons. The third kappa shape index (κ3) is 8.48. The van der Waals surface area contributed by atoms with Gasteiger partial charge in [0, 0.05) is 22.8 Å². The van der Waals surface area contributed by atoms with Gasteiger partial charge >= 0.3 is 12.2 Å². The van der Waals surface area contributed by atoms with Crippen LogP contribution in [0.2, 0.25) is 0 Å². The van der Waals surface area contributed by atoms with E-state index in [4.69, 9.17) is 19.4 Å². The van der Waals surface area contributed by atoms with E-state index in [0.29, 0.717) is 36.2 Å². The molecule has 3 fully saturated rings. The van der Waals surface area contributed by atoms with E-state index in [0.717, 1.165) is 60.3 Å². The lowest BCUT2D eigenvalue weighted by Gasteiger charge is -2.30. The summed E-state index contributed by atoms with van der Waals surface area (Å²) in [5.41, 5.74) is 7.40. The minimum atomic E-state index is -0.771. The van der Waals surface area contributed by atoms with Crippen LogP contribution in [0.25, 0.3) is 43.0 Å². The molecule has 4 N–H and O–H groups in total. The molecule has 4 aliphatic rings. The zero-order valence-electron chi connectivity index (χ0n) is 38.6. The number of hydrogen-bond acceptors (Lipinski definition) is 10. The lowest BCUT2D eigenvalue weighted by Crippen LogP contribution is -2.51. The van der Waals surface area contributed by atoms with Gasteiger partial charge in [-0.1, -0.05) is 70.9 Å². The summed E-state index contributed by atoms with van der Waals surface area (Å²) in [6.45, 7) is 8.65. The molecule has 16 heteroatoms. The lowest BCUT2D eigenvalue weighted by molar-refractivity contribution is -0.136. The van der Waals surface area contributed by atoms with Gasteiger partial charge in [-0.2, -0.15) is 0 Å². The van der Waals surface area contributed by atoms with Crippen LogP contribution in [0.15, 0.2) is 53.5 Å². The van der Waals surface area contributed by atoms with E-state index >= 15 is 0 Å². The van der Waals surface area contributed by atoms with Gasteiger partial charge in [-0.05, 0) is 109 Å². The number of nitrogens with one attached hydrogen (secondary N) is 4.